The van der Waals surface area contributed by atoms with Crippen molar-refractivity contribution in [3.05, 3.63) is 0 Å². The molecule has 0 fully saturated rings. The van der Waals surface area contributed by atoms with Gasteiger partial charge in [0.2, 0.25) is 0 Å². The van der Waals surface area contributed by atoms with Gasteiger partial charge in [-0.3, -0.25) is 14.5 Å². The number of nitrogens with zero attached hydrogens (tertiary/aromatic N) is 2. The average Bonchev–Trinajstić information content (AvgIpc) is 3.23. The van der Waals surface area contributed by atoms with Gasteiger partial charge in [0.25, 0.3) is 0 Å². The minimum atomic E-state index is -0.582. The summed E-state index contributed by atoms with van der Waals surface area (Å²) in [5, 5.41) is 0. The van der Waals surface area contributed by atoms with Crippen molar-refractivity contribution in [2.24, 2.45) is 5.92 Å². The van der Waals surface area contributed by atoms with E-state index in [0.717, 1.165) is 110 Å². The Labute approximate surface area is 365 Å². The Hall–Kier alpha value is -1.87. The molecular weight excluding hydrogens is 741 g/mol. The van der Waals surface area contributed by atoms with Crippen molar-refractivity contribution in [3.63, 3.8) is 0 Å². The predicted octanol–water partition coefficient (Wildman–Crippen LogP) is 13.6. The first kappa shape index (κ1) is 57.1. The second-order valence-electron chi connectivity index (χ2n) is 17.2. The summed E-state index contributed by atoms with van der Waals surface area (Å²) in [6.07, 6.45) is 32.4. The quantitative estimate of drug-likeness (QED) is 0.0337. The van der Waals surface area contributed by atoms with E-state index in [0.29, 0.717) is 45.1 Å². The summed E-state index contributed by atoms with van der Waals surface area (Å²) in [7, 11) is 0. The zero-order chi connectivity index (χ0) is 43.4. The van der Waals surface area contributed by atoms with Crippen LogP contribution in [0.15, 0.2) is 0 Å². The van der Waals surface area contributed by atoms with Crippen LogP contribution >= 0.6 is 0 Å². The standard InChI is InChI=1S/C50H98N2O7/c1-7-13-17-20-24-29-34-46(33-28-19-15-9-3)45-58-49(54)38-32-26-22-21-25-30-36-47(35-27-16-10-4)59-50(55)57-44-42-52(40-39-51(11-5)12-6)41-43-56-48(53)37-31-23-18-14-8-2/h46-47H,7-45H2,1-6H3. The minimum absolute atomic E-state index is 0.0258. The molecule has 350 valence electrons. The fourth-order valence-electron chi connectivity index (χ4n) is 7.72. The third kappa shape index (κ3) is 38.8. The molecule has 9 nitrogen and oxygen atoms in total. The summed E-state index contributed by atoms with van der Waals surface area (Å²) in [4.78, 5) is 42.2. The third-order valence-corrected chi connectivity index (χ3v) is 11.9. The van der Waals surface area contributed by atoms with E-state index in [1.807, 2.05) is 0 Å². The first-order valence-corrected chi connectivity index (χ1v) is 25.4. The van der Waals surface area contributed by atoms with E-state index >= 15 is 0 Å². The molecule has 0 radical (unpaired) electrons. The second kappa shape index (κ2) is 44.2. The van der Waals surface area contributed by atoms with Crippen LogP contribution in [-0.2, 0) is 28.5 Å². The number of unbranched alkanes of at least 4 members (excludes halogenated alkanes) is 19. The van der Waals surface area contributed by atoms with E-state index in [1.165, 1.54) is 96.3 Å². The molecule has 2 unspecified atom stereocenters. The van der Waals surface area contributed by atoms with Crippen molar-refractivity contribution >= 4 is 18.1 Å². The van der Waals surface area contributed by atoms with E-state index in [9.17, 15) is 14.4 Å². The van der Waals surface area contributed by atoms with Crippen molar-refractivity contribution in [3.8, 4) is 0 Å². The monoisotopic (exact) mass is 839 g/mol. The molecule has 9 heteroatoms. The maximum atomic E-state index is 12.8. The number of carbonyl (C=O) groups is 3. The summed E-state index contributed by atoms with van der Waals surface area (Å²) in [6.45, 7) is 19.3. The molecule has 0 N–H and O–H groups in total. The molecule has 0 aliphatic heterocycles. The third-order valence-electron chi connectivity index (χ3n) is 11.9. The summed E-state index contributed by atoms with van der Waals surface area (Å²) in [6, 6.07) is 0. The van der Waals surface area contributed by atoms with Crippen LogP contribution in [0.25, 0.3) is 0 Å². The molecule has 0 aromatic carbocycles. The highest BCUT2D eigenvalue weighted by atomic mass is 16.7. The first-order chi connectivity index (χ1) is 28.8. The molecule has 0 heterocycles. The van der Waals surface area contributed by atoms with Gasteiger partial charge in [0.05, 0.1) is 6.61 Å². The molecule has 0 aliphatic carbocycles. The van der Waals surface area contributed by atoms with Gasteiger partial charge in [0, 0.05) is 39.0 Å². The molecule has 0 aromatic heterocycles. The van der Waals surface area contributed by atoms with Crippen LogP contribution in [0.1, 0.15) is 234 Å². The van der Waals surface area contributed by atoms with E-state index in [4.69, 9.17) is 18.9 Å². The maximum absolute atomic E-state index is 12.8. The van der Waals surface area contributed by atoms with Crippen LogP contribution in [0, 0.1) is 5.92 Å². The van der Waals surface area contributed by atoms with Crippen LogP contribution in [0.3, 0.4) is 0 Å². The predicted molar refractivity (Wildman–Crippen MR) is 247 cm³/mol. The van der Waals surface area contributed by atoms with E-state index in [-0.39, 0.29) is 24.6 Å². The number of ether oxygens (including phenoxy) is 4. The minimum Gasteiger partial charge on any atom is -0.465 e. The fourth-order valence-corrected chi connectivity index (χ4v) is 7.72. The Kier molecular flexibility index (Phi) is 42.8. The van der Waals surface area contributed by atoms with E-state index < -0.39 is 6.16 Å². The van der Waals surface area contributed by atoms with Gasteiger partial charge in [-0.05, 0) is 70.4 Å². The molecule has 0 bridgehead atoms. The maximum Gasteiger partial charge on any atom is 0.508 e. The Balaban J connectivity index is 4.54. The number of rotatable bonds is 45. The van der Waals surface area contributed by atoms with Crippen LogP contribution in [0.4, 0.5) is 4.79 Å². The fraction of sp³-hybridized carbons (Fsp3) is 0.940. The highest BCUT2D eigenvalue weighted by Gasteiger charge is 2.17. The number of likely N-dealkylation sites (N-methyl/N-ethyl adjacent to an activating group) is 1. The summed E-state index contributed by atoms with van der Waals surface area (Å²) < 4.78 is 22.8. The van der Waals surface area contributed by atoms with Gasteiger partial charge in [-0.15, -0.1) is 0 Å². The second-order valence-corrected chi connectivity index (χ2v) is 17.2. The molecule has 59 heavy (non-hydrogen) atoms. The van der Waals surface area contributed by atoms with Crippen LogP contribution in [0.2, 0.25) is 0 Å². The number of hydrogen-bond acceptors (Lipinski definition) is 9. The highest BCUT2D eigenvalue weighted by molar-refractivity contribution is 5.69. The molecule has 0 spiro atoms. The molecule has 0 aliphatic rings. The number of hydrogen-bond donors (Lipinski definition) is 0. The molecular formula is C50H98N2O7. The Bertz CT molecular complexity index is 931. The Morgan fingerprint density at radius 1 is 0.407 bits per heavy atom. The Morgan fingerprint density at radius 3 is 1.32 bits per heavy atom. The van der Waals surface area contributed by atoms with Crippen molar-refractivity contribution in [1.29, 1.82) is 0 Å². The van der Waals surface area contributed by atoms with Crippen molar-refractivity contribution in [2.45, 2.75) is 240 Å². The van der Waals surface area contributed by atoms with Crippen molar-refractivity contribution in [2.75, 3.05) is 59.1 Å². The lowest BCUT2D eigenvalue weighted by atomic mass is 9.95. The molecule has 0 amide bonds. The molecule has 0 saturated heterocycles. The normalized spacial score (nSPS) is 12.5. The zero-order valence-corrected chi connectivity index (χ0v) is 40.0. The van der Waals surface area contributed by atoms with Gasteiger partial charge >= 0.3 is 18.1 Å². The van der Waals surface area contributed by atoms with Crippen molar-refractivity contribution < 1.29 is 33.3 Å². The first-order valence-electron chi connectivity index (χ1n) is 25.4. The molecule has 0 aromatic rings. The number of esters is 2. The van der Waals surface area contributed by atoms with Gasteiger partial charge in [0.1, 0.15) is 19.3 Å². The average molecular weight is 839 g/mol. The van der Waals surface area contributed by atoms with E-state index in [1.54, 1.807) is 0 Å². The summed E-state index contributed by atoms with van der Waals surface area (Å²) in [5.41, 5.74) is 0. The molecule has 2 atom stereocenters. The smallest absolute Gasteiger partial charge is 0.465 e. The lowest BCUT2D eigenvalue weighted by molar-refractivity contribution is -0.145. The zero-order valence-electron chi connectivity index (χ0n) is 40.0. The van der Waals surface area contributed by atoms with Crippen molar-refractivity contribution in [1.82, 2.24) is 9.80 Å². The van der Waals surface area contributed by atoms with Crippen LogP contribution < -0.4 is 0 Å². The molecule has 0 saturated carbocycles. The lowest BCUT2D eigenvalue weighted by Crippen LogP contribution is -2.39. The van der Waals surface area contributed by atoms with Gasteiger partial charge < -0.3 is 23.8 Å². The van der Waals surface area contributed by atoms with Gasteiger partial charge in [0.15, 0.2) is 0 Å². The largest absolute Gasteiger partial charge is 0.508 e. The lowest BCUT2D eigenvalue weighted by Gasteiger charge is -2.26. The van der Waals surface area contributed by atoms with Crippen LogP contribution in [0.5, 0.6) is 0 Å². The summed E-state index contributed by atoms with van der Waals surface area (Å²) in [5.74, 6) is 0.365. The Morgan fingerprint density at radius 2 is 0.797 bits per heavy atom. The highest BCUT2D eigenvalue weighted by Crippen LogP contribution is 2.21. The number of carbonyl (C=O) groups excluding carboxylic acids is 3. The van der Waals surface area contributed by atoms with E-state index in [2.05, 4.69) is 51.3 Å². The van der Waals surface area contributed by atoms with Crippen LogP contribution in [-0.4, -0.2) is 93.1 Å². The van der Waals surface area contributed by atoms with Gasteiger partial charge in [-0.2, -0.15) is 0 Å². The summed E-state index contributed by atoms with van der Waals surface area (Å²) >= 11 is 0. The van der Waals surface area contributed by atoms with Gasteiger partial charge in [-0.25, -0.2) is 4.79 Å². The SMILES string of the molecule is CCCCCCCCC(CCCCCC)COC(=O)CCCCCCCCC(CCCCC)OC(=O)OCCN(CCOC(=O)CCCCCCC)CCN(CC)CC. The topological polar surface area (TPSA) is 94.6 Å². The van der Waals surface area contributed by atoms with Gasteiger partial charge in [-0.1, -0.05) is 170 Å². The molecule has 0 rings (SSSR count).